The first-order valence-corrected chi connectivity index (χ1v) is 8.27. The molecule has 1 aliphatic rings. The Morgan fingerprint density at radius 1 is 0.905 bits per heavy atom. The van der Waals surface area contributed by atoms with Crippen LogP contribution in [0.2, 0.25) is 0 Å². The molecular formula is C20H25N. The molecule has 0 saturated heterocycles. The van der Waals surface area contributed by atoms with E-state index in [1.807, 2.05) is 0 Å². The molecule has 1 fully saturated rings. The first-order valence-electron chi connectivity index (χ1n) is 8.27. The predicted octanol–water partition coefficient (Wildman–Crippen LogP) is 5.12. The fraction of sp³-hybridized carbons (Fsp3) is 0.400. The van der Waals surface area contributed by atoms with Crippen LogP contribution in [0.1, 0.15) is 49.7 Å². The molecule has 1 N–H and O–H groups in total. The minimum absolute atomic E-state index is 0.825. The zero-order chi connectivity index (χ0) is 14.5. The molecule has 2 aromatic carbocycles. The number of benzene rings is 2. The average Bonchev–Trinajstić information content (AvgIpc) is 2.47. The molecule has 0 aliphatic heterocycles. The van der Waals surface area contributed by atoms with Crippen LogP contribution < -0.4 is 5.32 Å². The summed E-state index contributed by atoms with van der Waals surface area (Å²) in [7, 11) is 0. The summed E-state index contributed by atoms with van der Waals surface area (Å²) in [5.74, 6) is 0.825. The molecule has 0 amide bonds. The molecule has 0 heterocycles. The van der Waals surface area contributed by atoms with E-state index in [1.165, 1.54) is 47.9 Å². The fourth-order valence-electron chi connectivity index (χ4n) is 2.91. The van der Waals surface area contributed by atoms with Gasteiger partial charge in [-0.2, -0.15) is 0 Å². The lowest BCUT2D eigenvalue weighted by atomic mass is 9.80. The predicted molar refractivity (Wildman–Crippen MR) is 90.5 cm³/mol. The first kappa shape index (κ1) is 14.3. The van der Waals surface area contributed by atoms with Gasteiger partial charge in [-0.1, -0.05) is 61.9 Å². The maximum atomic E-state index is 3.44. The van der Waals surface area contributed by atoms with Gasteiger partial charge in [-0.3, -0.25) is 0 Å². The molecule has 0 spiro atoms. The minimum atomic E-state index is 0.825. The Morgan fingerprint density at radius 2 is 1.52 bits per heavy atom. The molecule has 1 nitrogen and oxygen atoms in total. The van der Waals surface area contributed by atoms with Crippen molar-refractivity contribution in [3.05, 3.63) is 59.7 Å². The fourth-order valence-corrected chi connectivity index (χ4v) is 2.91. The Morgan fingerprint density at radius 3 is 2.05 bits per heavy atom. The van der Waals surface area contributed by atoms with Crippen molar-refractivity contribution in [3.63, 3.8) is 0 Å². The highest BCUT2D eigenvalue weighted by Gasteiger charge is 2.18. The first-order chi connectivity index (χ1) is 10.4. The molecule has 0 atom stereocenters. The normalized spacial score (nSPS) is 14.9. The van der Waals surface area contributed by atoms with Gasteiger partial charge in [0.2, 0.25) is 0 Å². The summed E-state index contributed by atoms with van der Waals surface area (Å²) < 4.78 is 0. The van der Waals surface area contributed by atoms with Crippen molar-refractivity contribution in [2.45, 2.75) is 45.1 Å². The van der Waals surface area contributed by atoms with Crippen LogP contribution in [0, 0.1) is 0 Å². The van der Waals surface area contributed by atoms with E-state index in [1.54, 1.807) is 0 Å². The van der Waals surface area contributed by atoms with Gasteiger partial charge in [0, 0.05) is 6.54 Å². The van der Waals surface area contributed by atoms with Crippen molar-refractivity contribution < 1.29 is 0 Å². The van der Waals surface area contributed by atoms with Crippen molar-refractivity contribution in [2.24, 2.45) is 0 Å². The maximum absolute atomic E-state index is 3.44. The lowest BCUT2D eigenvalue weighted by Crippen LogP contribution is -2.13. The second-order valence-electron chi connectivity index (χ2n) is 6.12. The van der Waals surface area contributed by atoms with Crippen LogP contribution in [0.25, 0.3) is 11.1 Å². The summed E-state index contributed by atoms with van der Waals surface area (Å²) >= 11 is 0. The zero-order valence-electron chi connectivity index (χ0n) is 12.9. The van der Waals surface area contributed by atoms with E-state index in [4.69, 9.17) is 0 Å². The van der Waals surface area contributed by atoms with Crippen molar-refractivity contribution in [2.75, 3.05) is 6.54 Å². The SMILES string of the molecule is CCCNCc1ccc(-c2ccc(C3CCC3)cc2)cc1. The van der Waals surface area contributed by atoms with Crippen LogP contribution >= 0.6 is 0 Å². The van der Waals surface area contributed by atoms with Crippen LogP contribution in [0.3, 0.4) is 0 Å². The Labute approximate surface area is 128 Å². The van der Waals surface area contributed by atoms with Gasteiger partial charge in [-0.05, 0) is 54.0 Å². The molecule has 1 aliphatic carbocycles. The van der Waals surface area contributed by atoms with Crippen molar-refractivity contribution in [3.8, 4) is 11.1 Å². The standard InChI is InChI=1S/C20H25N/c1-2-14-21-15-16-6-8-18(9-7-16)20-12-10-19(11-13-20)17-4-3-5-17/h6-13,17,21H,2-5,14-15H2,1H3. The monoisotopic (exact) mass is 279 g/mol. The van der Waals surface area contributed by atoms with E-state index in [0.717, 1.165) is 19.0 Å². The third-order valence-electron chi connectivity index (χ3n) is 4.53. The highest BCUT2D eigenvalue weighted by Crippen LogP contribution is 2.36. The smallest absolute Gasteiger partial charge is 0.0205 e. The number of hydrogen-bond donors (Lipinski definition) is 1. The summed E-state index contributed by atoms with van der Waals surface area (Å²) in [6, 6.07) is 18.1. The second kappa shape index (κ2) is 6.91. The molecule has 0 bridgehead atoms. The van der Waals surface area contributed by atoms with Gasteiger partial charge < -0.3 is 5.32 Å². The van der Waals surface area contributed by atoms with E-state index in [-0.39, 0.29) is 0 Å². The molecule has 1 heteroatoms. The molecule has 21 heavy (non-hydrogen) atoms. The van der Waals surface area contributed by atoms with E-state index in [2.05, 4.69) is 60.8 Å². The molecule has 3 rings (SSSR count). The molecule has 0 aromatic heterocycles. The molecule has 1 saturated carbocycles. The third kappa shape index (κ3) is 3.54. The van der Waals surface area contributed by atoms with E-state index >= 15 is 0 Å². The topological polar surface area (TPSA) is 12.0 Å². The van der Waals surface area contributed by atoms with E-state index in [0.29, 0.717) is 0 Å². The van der Waals surface area contributed by atoms with Gasteiger partial charge in [0.15, 0.2) is 0 Å². The third-order valence-corrected chi connectivity index (χ3v) is 4.53. The number of nitrogens with one attached hydrogen (secondary N) is 1. The molecule has 0 radical (unpaired) electrons. The lowest BCUT2D eigenvalue weighted by molar-refractivity contribution is 0.420. The van der Waals surface area contributed by atoms with Gasteiger partial charge in [-0.25, -0.2) is 0 Å². The van der Waals surface area contributed by atoms with Crippen LogP contribution in [0.15, 0.2) is 48.5 Å². The van der Waals surface area contributed by atoms with Crippen LogP contribution in [0.4, 0.5) is 0 Å². The minimum Gasteiger partial charge on any atom is -0.313 e. The lowest BCUT2D eigenvalue weighted by Gasteiger charge is -2.25. The molecular weight excluding hydrogens is 254 g/mol. The quantitative estimate of drug-likeness (QED) is 0.724. The number of hydrogen-bond acceptors (Lipinski definition) is 1. The summed E-state index contributed by atoms with van der Waals surface area (Å²) in [4.78, 5) is 0. The number of rotatable bonds is 6. The van der Waals surface area contributed by atoms with Crippen LogP contribution in [0.5, 0.6) is 0 Å². The summed E-state index contributed by atoms with van der Waals surface area (Å²) in [6.45, 7) is 4.25. The van der Waals surface area contributed by atoms with Gasteiger partial charge >= 0.3 is 0 Å². The van der Waals surface area contributed by atoms with Crippen molar-refractivity contribution in [1.29, 1.82) is 0 Å². The summed E-state index contributed by atoms with van der Waals surface area (Å²) in [6.07, 6.45) is 5.34. The molecule has 2 aromatic rings. The zero-order valence-corrected chi connectivity index (χ0v) is 12.9. The van der Waals surface area contributed by atoms with E-state index < -0.39 is 0 Å². The maximum Gasteiger partial charge on any atom is 0.0205 e. The largest absolute Gasteiger partial charge is 0.313 e. The highest BCUT2D eigenvalue weighted by atomic mass is 14.8. The molecule has 110 valence electrons. The van der Waals surface area contributed by atoms with E-state index in [9.17, 15) is 0 Å². The van der Waals surface area contributed by atoms with Gasteiger partial charge in [0.05, 0.1) is 0 Å². The van der Waals surface area contributed by atoms with Gasteiger partial charge in [0.1, 0.15) is 0 Å². The Bertz CT molecular complexity index is 549. The summed E-state index contributed by atoms with van der Waals surface area (Å²) in [5, 5.41) is 3.44. The highest BCUT2D eigenvalue weighted by molar-refractivity contribution is 5.64. The Hall–Kier alpha value is -1.60. The Balaban J connectivity index is 1.65. The Kier molecular flexibility index (Phi) is 4.72. The average molecular weight is 279 g/mol. The second-order valence-corrected chi connectivity index (χ2v) is 6.12. The van der Waals surface area contributed by atoms with Gasteiger partial charge in [-0.15, -0.1) is 0 Å². The molecule has 0 unspecified atom stereocenters. The van der Waals surface area contributed by atoms with Crippen molar-refractivity contribution in [1.82, 2.24) is 5.32 Å². The van der Waals surface area contributed by atoms with Crippen LogP contribution in [-0.4, -0.2) is 6.54 Å². The van der Waals surface area contributed by atoms with Gasteiger partial charge in [0.25, 0.3) is 0 Å². The van der Waals surface area contributed by atoms with Crippen LogP contribution in [-0.2, 0) is 6.54 Å². The van der Waals surface area contributed by atoms with Crippen molar-refractivity contribution >= 4 is 0 Å². The summed E-state index contributed by atoms with van der Waals surface area (Å²) in [5.41, 5.74) is 5.52.